The average molecular weight is 144 g/mol. The van der Waals surface area contributed by atoms with Gasteiger partial charge in [0.25, 0.3) is 0 Å². The third-order valence-electron chi connectivity index (χ3n) is 1.41. The predicted octanol–water partition coefficient (Wildman–Crippen LogP) is -1.28. The molecule has 0 aromatic carbocycles. The fourth-order valence-electron chi connectivity index (χ4n) is 0.890. The molecule has 58 valence electrons. The Bertz CT molecular complexity index is 117. The number of hydrogen-bond donors (Lipinski definition) is 2. The first kappa shape index (κ1) is 7.50. The average Bonchev–Trinajstić information content (AvgIpc) is 1.95. The summed E-state index contributed by atoms with van der Waals surface area (Å²) in [4.78, 5) is 10.6. The third-order valence-corrected chi connectivity index (χ3v) is 1.41. The van der Waals surface area contributed by atoms with Crippen LogP contribution in [0.2, 0.25) is 0 Å². The van der Waals surface area contributed by atoms with Crippen molar-refractivity contribution in [1.29, 1.82) is 0 Å². The summed E-state index contributed by atoms with van der Waals surface area (Å²) in [5, 5.41) is 5.69. The summed E-state index contributed by atoms with van der Waals surface area (Å²) in [6.07, 6.45) is 0.141. The maximum atomic E-state index is 10.6. The number of rotatable bonds is 2. The second kappa shape index (κ2) is 3.53. The summed E-state index contributed by atoms with van der Waals surface area (Å²) in [5.74, 6) is -0.0210. The molecule has 0 saturated carbocycles. The van der Waals surface area contributed by atoms with Crippen LogP contribution in [0.1, 0.15) is 0 Å². The zero-order valence-electron chi connectivity index (χ0n) is 6.02. The predicted molar refractivity (Wildman–Crippen MR) is 36.7 cm³/mol. The monoisotopic (exact) mass is 144 g/mol. The Balaban J connectivity index is 2.19. The summed E-state index contributed by atoms with van der Waals surface area (Å²) in [7, 11) is 1.86. The standard InChI is InChI=1S/C6H12N2O2/c1-7-2-5-3-8-6(9)4-10-5/h5,7H,2-4H2,1H3,(H,8,9)/t5-/m1/s1. The molecule has 0 unspecified atom stereocenters. The molecule has 4 heteroatoms. The summed E-state index contributed by atoms with van der Waals surface area (Å²) in [6.45, 7) is 1.62. The third kappa shape index (κ3) is 1.97. The van der Waals surface area contributed by atoms with E-state index in [1.807, 2.05) is 7.05 Å². The minimum Gasteiger partial charge on any atom is -0.365 e. The second-order valence-corrected chi connectivity index (χ2v) is 2.29. The van der Waals surface area contributed by atoms with Gasteiger partial charge in [0, 0.05) is 13.1 Å². The topological polar surface area (TPSA) is 50.4 Å². The van der Waals surface area contributed by atoms with Gasteiger partial charge in [-0.25, -0.2) is 0 Å². The number of amides is 1. The Labute approximate surface area is 59.9 Å². The summed E-state index contributed by atoms with van der Waals surface area (Å²) in [6, 6.07) is 0. The van der Waals surface area contributed by atoms with E-state index in [-0.39, 0.29) is 18.6 Å². The van der Waals surface area contributed by atoms with Gasteiger partial charge in [0.05, 0.1) is 6.10 Å². The van der Waals surface area contributed by atoms with Crippen LogP contribution >= 0.6 is 0 Å². The van der Waals surface area contributed by atoms with E-state index in [2.05, 4.69) is 10.6 Å². The molecule has 1 rings (SSSR count). The van der Waals surface area contributed by atoms with Crippen molar-refractivity contribution in [2.75, 3.05) is 26.7 Å². The molecule has 10 heavy (non-hydrogen) atoms. The highest BCUT2D eigenvalue weighted by Gasteiger charge is 2.16. The van der Waals surface area contributed by atoms with Crippen molar-refractivity contribution >= 4 is 5.91 Å². The number of ether oxygens (including phenoxy) is 1. The van der Waals surface area contributed by atoms with E-state index < -0.39 is 0 Å². The Hall–Kier alpha value is -0.610. The summed E-state index contributed by atoms with van der Waals surface area (Å²) >= 11 is 0. The highest BCUT2D eigenvalue weighted by molar-refractivity contribution is 5.77. The van der Waals surface area contributed by atoms with Crippen molar-refractivity contribution in [1.82, 2.24) is 10.6 Å². The quantitative estimate of drug-likeness (QED) is 0.507. The van der Waals surface area contributed by atoms with Crippen molar-refractivity contribution in [2.24, 2.45) is 0 Å². The number of carbonyl (C=O) groups excluding carboxylic acids is 1. The molecule has 4 nitrogen and oxygen atoms in total. The molecule has 1 aliphatic rings. The molecule has 1 amide bonds. The molecule has 1 atom stereocenters. The molecule has 0 spiro atoms. The van der Waals surface area contributed by atoms with Crippen LogP contribution in [0.25, 0.3) is 0 Å². The van der Waals surface area contributed by atoms with Gasteiger partial charge in [-0.3, -0.25) is 4.79 Å². The molecule has 1 heterocycles. The van der Waals surface area contributed by atoms with Crippen LogP contribution in [0.5, 0.6) is 0 Å². The largest absolute Gasteiger partial charge is 0.365 e. The molecule has 0 bridgehead atoms. The van der Waals surface area contributed by atoms with Crippen LogP contribution in [-0.4, -0.2) is 38.8 Å². The summed E-state index contributed by atoms with van der Waals surface area (Å²) < 4.78 is 5.16. The first-order valence-electron chi connectivity index (χ1n) is 3.36. The van der Waals surface area contributed by atoms with Gasteiger partial charge >= 0.3 is 0 Å². The number of morpholine rings is 1. The summed E-state index contributed by atoms with van der Waals surface area (Å²) in [5.41, 5.74) is 0. The minimum atomic E-state index is -0.0210. The molecule has 0 radical (unpaired) electrons. The van der Waals surface area contributed by atoms with Gasteiger partial charge in [-0.05, 0) is 7.05 Å². The van der Waals surface area contributed by atoms with E-state index in [9.17, 15) is 4.79 Å². The van der Waals surface area contributed by atoms with Gasteiger partial charge in [-0.2, -0.15) is 0 Å². The van der Waals surface area contributed by atoms with E-state index in [1.165, 1.54) is 0 Å². The van der Waals surface area contributed by atoms with Gasteiger partial charge < -0.3 is 15.4 Å². The zero-order chi connectivity index (χ0) is 7.40. The van der Waals surface area contributed by atoms with Crippen LogP contribution in [0.3, 0.4) is 0 Å². The van der Waals surface area contributed by atoms with E-state index >= 15 is 0 Å². The maximum Gasteiger partial charge on any atom is 0.246 e. The lowest BCUT2D eigenvalue weighted by Crippen LogP contribution is -2.46. The van der Waals surface area contributed by atoms with Crippen LogP contribution in [0.15, 0.2) is 0 Å². The van der Waals surface area contributed by atoms with Crippen LogP contribution < -0.4 is 10.6 Å². The molecule has 1 aliphatic heterocycles. The molecule has 2 N–H and O–H groups in total. The molecule has 0 aromatic heterocycles. The smallest absolute Gasteiger partial charge is 0.246 e. The first-order chi connectivity index (χ1) is 4.83. The van der Waals surface area contributed by atoms with E-state index in [0.717, 1.165) is 6.54 Å². The SMILES string of the molecule is CNC[C@@H]1CNC(=O)CO1. The Morgan fingerprint density at radius 2 is 2.70 bits per heavy atom. The van der Waals surface area contributed by atoms with Gasteiger partial charge in [-0.15, -0.1) is 0 Å². The fraction of sp³-hybridized carbons (Fsp3) is 0.833. The Morgan fingerprint density at radius 3 is 3.20 bits per heavy atom. The van der Waals surface area contributed by atoms with Crippen LogP contribution in [0.4, 0.5) is 0 Å². The zero-order valence-corrected chi connectivity index (χ0v) is 6.02. The molecule has 0 aromatic rings. The van der Waals surface area contributed by atoms with Crippen LogP contribution in [-0.2, 0) is 9.53 Å². The highest BCUT2D eigenvalue weighted by atomic mass is 16.5. The van der Waals surface area contributed by atoms with E-state index in [0.29, 0.717) is 6.54 Å². The minimum absolute atomic E-state index is 0.0210. The highest BCUT2D eigenvalue weighted by Crippen LogP contribution is 1.93. The molecule has 1 fully saturated rings. The van der Waals surface area contributed by atoms with Crippen LogP contribution in [0, 0.1) is 0 Å². The fourth-order valence-corrected chi connectivity index (χ4v) is 0.890. The lowest BCUT2D eigenvalue weighted by Gasteiger charge is -2.22. The number of nitrogens with one attached hydrogen (secondary N) is 2. The van der Waals surface area contributed by atoms with Gasteiger partial charge in [0.15, 0.2) is 0 Å². The van der Waals surface area contributed by atoms with Gasteiger partial charge in [-0.1, -0.05) is 0 Å². The van der Waals surface area contributed by atoms with Crippen molar-refractivity contribution in [3.05, 3.63) is 0 Å². The van der Waals surface area contributed by atoms with Crippen molar-refractivity contribution < 1.29 is 9.53 Å². The van der Waals surface area contributed by atoms with E-state index in [1.54, 1.807) is 0 Å². The lowest BCUT2D eigenvalue weighted by atomic mass is 10.3. The molecule has 0 aliphatic carbocycles. The number of hydrogen-bond acceptors (Lipinski definition) is 3. The van der Waals surface area contributed by atoms with Crippen molar-refractivity contribution in [3.8, 4) is 0 Å². The Kier molecular flexibility index (Phi) is 2.65. The molecular weight excluding hydrogens is 132 g/mol. The van der Waals surface area contributed by atoms with Crippen molar-refractivity contribution in [3.63, 3.8) is 0 Å². The second-order valence-electron chi connectivity index (χ2n) is 2.29. The maximum absolute atomic E-state index is 10.6. The van der Waals surface area contributed by atoms with Crippen molar-refractivity contribution in [2.45, 2.75) is 6.10 Å². The van der Waals surface area contributed by atoms with Gasteiger partial charge in [0.2, 0.25) is 5.91 Å². The molecular formula is C6H12N2O2. The number of carbonyl (C=O) groups is 1. The van der Waals surface area contributed by atoms with Gasteiger partial charge in [0.1, 0.15) is 6.61 Å². The Morgan fingerprint density at radius 1 is 1.90 bits per heavy atom. The molecule has 1 saturated heterocycles. The normalized spacial score (nSPS) is 26.1. The first-order valence-corrected chi connectivity index (χ1v) is 3.36. The number of likely N-dealkylation sites (N-methyl/N-ethyl adjacent to an activating group) is 1. The van der Waals surface area contributed by atoms with E-state index in [4.69, 9.17) is 4.74 Å². The lowest BCUT2D eigenvalue weighted by molar-refractivity contribution is -0.132.